The van der Waals surface area contributed by atoms with Gasteiger partial charge in [-0.3, -0.25) is 14.6 Å². The Kier molecular flexibility index (Phi) is 5.87. The molecule has 8 heteroatoms. The molecule has 150 valence electrons. The first-order valence-corrected chi connectivity index (χ1v) is 9.04. The number of amides is 1. The van der Waals surface area contributed by atoms with Crippen LogP contribution >= 0.6 is 0 Å². The van der Waals surface area contributed by atoms with Crippen LogP contribution in [0.4, 0.5) is 8.78 Å². The van der Waals surface area contributed by atoms with E-state index in [9.17, 15) is 18.4 Å². The molecular formula is C21H19F2N3O3. The van der Waals surface area contributed by atoms with Crippen molar-refractivity contribution in [1.29, 1.82) is 5.26 Å². The third-order valence-electron chi connectivity index (χ3n) is 4.82. The maximum atomic E-state index is 13.5. The van der Waals surface area contributed by atoms with E-state index in [1.165, 1.54) is 13.3 Å². The molecule has 0 N–H and O–H groups in total. The van der Waals surface area contributed by atoms with Gasteiger partial charge in [0.15, 0.2) is 5.78 Å². The highest BCUT2D eigenvalue weighted by atomic mass is 19.3. The summed E-state index contributed by atoms with van der Waals surface area (Å²) >= 11 is 0. The molecule has 1 aromatic heterocycles. The molecule has 0 saturated carbocycles. The molecule has 1 aliphatic heterocycles. The summed E-state index contributed by atoms with van der Waals surface area (Å²) in [5, 5.41) is 9.02. The van der Waals surface area contributed by atoms with Gasteiger partial charge >= 0.3 is 0 Å². The number of carbonyl (C=O) groups is 2. The van der Waals surface area contributed by atoms with Gasteiger partial charge in [-0.15, -0.1) is 0 Å². The zero-order valence-corrected chi connectivity index (χ0v) is 15.8. The summed E-state index contributed by atoms with van der Waals surface area (Å²) in [6.45, 7) is -0.792. The van der Waals surface area contributed by atoms with Crippen molar-refractivity contribution in [2.75, 3.05) is 13.7 Å². The molecule has 3 rings (SSSR count). The van der Waals surface area contributed by atoms with Crippen LogP contribution in [0.5, 0.6) is 5.75 Å². The minimum Gasteiger partial charge on any atom is -0.496 e. The number of ketones is 1. The molecule has 1 aromatic carbocycles. The van der Waals surface area contributed by atoms with Gasteiger partial charge in [0.05, 0.1) is 19.7 Å². The van der Waals surface area contributed by atoms with E-state index in [1.54, 1.807) is 42.6 Å². The Balaban J connectivity index is 1.76. The van der Waals surface area contributed by atoms with Crippen LogP contribution in [0, 0.1) is 11.3 Å². The van der Waals surface area contributed by atoms with Gasteiger partial charge in [-0.1, -0.05) is 18.2 Å². The molecule has 1 amide bonds. The molecule has 0 spiro atoms. The average Bonchev–Trinajstić information content (AvgIpc) is 3.06. The van der Waals surface area contributed by atoms with E-state index in [4.69, 9.17) is 10.00 Å². The quantitative estimate of drug-likeness (QED) is 0.695. The highest BCUT2D eigenvalue weighted by Gasteiger charge is 2.47. The fourth-order valence-electron chi connectivity index (χ4n) is 3.41. The second-order valence-electron chi connectivity index (χ2n) is 6.77. The molecule has 0 radical (unpaired) electrons. The zero-order chi connectivity index (χ0) is 21.0. The van der Waals surface area contributed by atoms with Gasteiger partial charge in [-0.05, 0) is 12.1 Å². The van der Waals surface area contributed by atoms with Gasteiger partial charge in [0, 0.05) is 48.3 Å². The van der Waals surface area contributed by atoms with Crippen LogP contribution in [0.25, 0.3) is 11.1 Å². The van der Waals surface area contributed by atoms with Crippen LogP contribution < -0.4 is 4.74 Å². The summed E-state index contributed by atoms with van der Waals surface area (Å²) in [5.74, 6) is -3.46. The lowest BCUT2D eigenvalue weighted by atomic mass is 9.96. The van der Waals surface area contributed by atoms with Crippen molar-refractivity contribution in [1.82, 2.24) is 9.88 Å². The Morgan fingerprint density at radius 3 is 2.76 bits per heavy atom. The first-order valence-electron chi connectivity index (χ1n) is 9.04. The summed E-state index contributed by atoms with van der Waals surface area (Å²) in [7, 11) is 1.52. The summed E-state index contributed by atoms with van der Waals surface area (Å²) in [6, 6.07) is 9.27. The molecule has 2 aromatic rings. The topological polar surface area (TPSA) is 83.3 Å². The lowest BCUT2D eigenvalue weighted by molar-refractivity contribution is -0.132. The van der Waals surface area contributed by atoms with E-state index in [0.29, 0.717) is 22.4 Å². The third kappa shape index (κ3) is 4.40. The number of carbonyl (C=O) groups excluding carboxylic acids is 2. The van der Waals surface area contributed by atoms with Crippen LogP contribution in [0.1, 0.15) is 29.6 Å². The number of ether oxygens (including phenoxy) is 1. The lowest BCUT2D eigenvalue weighted by Gasteiger charge is -2.19. The number of hydrogen-bond acceptors (Lipinski definition) is 5. The molecule has 6 nitrogen and oxygen atoms in total. The molecule has 0 bridgehead atoms. The van der Waals surface area contributed by atoms with Crippen molar-refractivity contribution in [2.45, 2.75) is 31.2 Å². The minimum atomic E-state index is -3.08. The lowest BCUT2D eigenvalue weighted by Crippen LogP contribution is -2.36. The van der Waals surface area contributed by atoms with Crippen LogP contribution in [-0.4, -0.2) is 47.2 Å². The zero-order valence-electron chi connectivity index (χ0n) is 15.8. The number of rotatable bonds is 6. The highest BCUT2D eigenvalue weighted by Crippen LogP contribution is 2.34. The van der Waals surface area contributed by atoms with Crippen molar-refractivity contribution >= 4 is 11.7 Å². The van der Waals surface area contributed by atoms with Gasteiger partial charge in [-0.2, -0.15) is 5.26 Å². The van der Waals surface area contributed by atoms with Gasteiger partial charge in [-0.25, -0.2) is 8.78 Å². The van der Waals surface area contributed by atoms with Crippen LogP contribution in [0.3, 0.4) is 0 Å². The molecule has 1 aliphatic rings. The number of nitriles is 1. The van der Waals surface area contributed by atoms with E-state index in [-0.39, 0.29) is 18.6 Å². The summed E-state index contributed by atoms with van der Waals surface area (Å²) in [5.41, 5.74) is 1.60. The molecular weight excluding hydrogens is 380 g/mol. The highest BCUT2D eigenvalue weighted by molar-refractivity contribution is 6.03. The Labute approximate surface area is 166 Å². The van der Waals surface area contributed by atoms with Crippen molar-refractivity contribution < 1.29 is 23.1 Å². The number of alkyl halides is 2. The van der Waals surface area contributed by atoms with Crippen LogP contribution in [0.15, 0.2) is 42.7 Å². The second-order valence-corrected chi connectivity index (χ2v) is 6.77. The van der Waals surface area contributed by atoms with E-state index >= 15 is 0 Å². The number of benzene rings is 1. The number of aromatic nitrogens is 1. The number of nitrogens with zero attached hydrogens (tertiary/aromatic N) is 3. The fraction of sp³-hybridized carbons (Fsp3) is 0.333. The molecule has 1 atom stereocenters. The molecule has 29 heavy (non-hydrogen) atoms. The van der Waals surface area contributed by atoms with Crippen molar-refractivity contribution in [2.24, 2.45) is 0 Å². The van der Waals surface area contributed by atoms with Gasteiger partial charge in [0.25, 0.3) is 5.92 Å². The van der Waals surface area contributed by atoms with E-state index in [2.05, 4.69) is 4.98 Å². The maximum absolute atomic E-state index is 13.5. The van der Waals surface area contributed by atoms with Gasteiger partial charge < -0.3 is 9.64 Å². The summed E-state index contributed by atoms with van der Waals surface area (Å²) in [4.78, 5) is 30.1. The van der Waals surface area contributed by atoms with Gasteiger partial charge in [0.1, 0.15) is 11.8 Å². The molecule has 0 unspecified atom stereocenters. The third-order valence-corrected chi connectivity index (χ3v) is 4.82. The minimum absolute atomic E-state index is 0.161. The number of halogens is 2. The number of para-hydroxylation sites is 1. The normalized spacial score (nSPS) is 17.6. The maximum Gasteiger partial charge on any atom is 0.268 e. The average molecular weight is 399 g/mol. The van der Waals surface area contributed by atoms with Crippen molar-refractivity contribution in [3.05, 3.63) is 48.3 Å². The first-order chi connectivity index (χ1) is 13.9. The molecule has 0 aliphatic carbocycles. The van der Waals surface area contributed by atoms with Crippen molar-refractivity contribution in [3.8, 4) is 22.9 Å². The van der Waals surface area contributed by atoms with E-state index in [0.717, 1.165) is 4.90 Å². The number of pyridine rings is 1. The predicted octanol–water partition coefficient (Wildman–Crippen LogP) is 3.48. The van der Waals surface area contributed by atoms with Crippen LogP contribution in [0.2, 0.25) is 0 Å². The van der Waals surface area contributed by atoms with E-state index < -0.39 is 30.8 Å². The second kappa shape index (κ2) is 8.35. The van der Waals surface area contributed by atoms with Gasteiger partial charge in [0.2, 0.25) is 5.91 Å². The first kappa shape index (κ1) is 20.4. The standard InChI is InChI=1S/C21H19F2N3O3/c1-29-19-5-3-2-4-16(19)17-12-25-9-8-15(17)18(27)6-7-20(28)26-13-21(22,23)10-14(26)11-24/h2-5,8-9,12,14H,6-7,10,13H2,1H3/t14-/m0/s1. The Bertz CT molecular complexity index is 972. The fourth-order valence-corrected chi connectivity index (χ4v) is 3.41. The monoisotopic (exact) mass is 399 g/mol. The van der Waals surface area contributed by atoms with Crippen molar-refractivity contribution in [3.63, 3.8) is 0 Å². The van der Waals surface area contributed by atoms with Crippen LogP contribution in [-0.2, 0) is 4.79 Å². The Hall–Kier alpha value is -3.34. The smallest absolute Gasteiger partial charge is 0.268 e. The number of likely N-dealkylation sites (tertiary alicyclic amines) is 1. The molecule has 1 saturated heterocycles. The Morgan fingerprint density at radius 2 is 2.03 bits per heavy atom. The number of hydrogen-bond donors (Lipinski definition) is 0. The van der Waals surface area contributed by atoms with E-state index in [1.807, 2.05) is 0 Å². The largest absolute Gasteiger partial charge is 0.496 e. The predicted molar refractivity (Wildman–Crippen MR) is 100 cm³/mol. The number of methoxy groups -OCH3 is 1. The summed E-state index contributed by atoms with van der Waals surface area (Å²) in [6.07, 6.45) is 1.93. The number of Topliss-reactive ketones (excluding diaryl/α,β-unsaturated/α-hetero) is 1. The SMILES string of the molecule is COc1ccccc1-c1cnccc1C(=O)CCC(=O)N1CC(F)(F)C[C@H]1C#N. The summed E-state index contributed by atoms with van der Waals surface area (Å²) < 4.78 is 32.4. The Morgan fingerprint density at radius 1 is 1.28 bits per heavy atom. The molecule has 2 heterocycles. The molecule has 1 fully saturated rings.